The Morgan fingerprint density at radius 1 is 1.12 bits per heavy atom. The van der Waals surface area contributed by atoms with Gasteiger partial charge in [0.25, 0.3) is 0 Å². The average molecular weight is 348 g/mol. The molecular weight excluding hydrogens is 326 g/mol. The molecule has 24 heavy (non-hydrogen) atoms. The predicted molar refractivity (Wildman–Crippen MR) is 94.8 cm³/mol. The molecule has 2 aromatic carbocycles. The minimum Gasteiger partial charge on any atom is -0.493 e. The third kappa shape index (κ3) is 3.22. The van der Waals surface area contributed by atoms with Gasteiger partial charge in [-0.2, -0.15) is 0 Å². The van der Waals surface area contributed by atoms with Crippen LogP contribution in [0.15, 0.2) is 42.5 Å². The monoisotopic (exact) mass is 347 g/mol. The van der Waals surface area contributed by atoms with E-state index in [4.69, 9.17) is 21.1 Å². The van der Waals surface area contributed by atoms with Gasteiger partial charge in [0.1, 0.15) is 5.60 Å². The van der Waals surface area contributed by atoms with E-state index in [2.05, 4.69) is 4.90 Å². The van der Waals surface area contributed by atoms with Crippen LogP contribution in [0.25, 0.3) is 0 Å². The van der Waals surface area contributed by atoms with E-state index < -0.39 is 5.60 Å². The summed E-state index contributed by atoms with van der Waals surface area (Å²) in [5, 5.41) is 11.5. The molecule has 0 unspecified atom stereocenters. The van der Waals surface area contributed by atoms with Gasteiger partial charge in [0.2, 0.25) is 0 Å². The Bertz CT molecular complexity index is 707. The van der Waals surface area contributed by atoms with Crippen molar-refractivity contribution in [2.45, 2.75) is 18.6 Å². The summed E-state index contributed by atoms with van der Waals surface area (Å²) in [7, 11) is 3.17. The van der Waals surface area contributed by atoms with Crippen molar-refractivity contribution in [3.63, 3.8) is 0 Å². The smallest absolute Gasteiger partial charge is 0.179 e. The molecule has 0 amide bonds. The maximum atomic E-state index is 10.9. The highest BCUT2D eigenvalue weighted by atomic mass is 35.5. The van der Waals surface area contributed by atoms with E-state index in [-0.39, 0.29) is 0 Å². The SMILES string of the molecule is COc1ccc(CN2CC[C@](O)(c3ccccc3)C2)c(Cl)c1OC. The Morgan fingerprint density at radius 2 is 1.88 bits per heavy atom. The zero-order valence-electron chi connectivity index (χ0n) is 14.0. The first kappa shape index (κ1) is 17.1. The third-order valence-corrected chi connectivity index (χ3v) is 5.01. The quantitative estimate of drug-likeness (QED) is 0.899. The number of halogens is 1. The second-order valence-corrected chi connectivity index (χ2v) is 6.51. The molecular formula is C19H22ClNO3. The second kappa shape index (κ2) is 7.01. The molecule has 0 bridgehead atoms. The van der Waals surface area contributed by atoms with Gasteiger partial charge in [-0.1, -0.05) is 48.0 Å². The Hall–Kier alpha value is -1.75. The Morgan fingerprint density at radius 3 is 2.54 bits per heavy atom. The highest BCUT2D eigenvalue weighted by Gasteiger charge is 2.37. The van der Waals surface area contributed by atoms with Gasteiger partial charge in [0.15, 0.2) is 11.5 Å². The fourth-order valence-electron chi connectivity index (χ4n) is 3.28. The fraction of sp³-hybridized carbons (Fsp3) is 0.368. The number of likely N-dealkylation sites (tertiary alicyclic amines) is 1. The van der Waals surface area contributed by atoms with E-state index in [1.165, 1.54) is 0 Å². The number of nitrogens with zero attached hydrogens (tertiary/aromatic N) is 1. The van der Waals surface area contributed by atoms with Crippen molar-refractivity contribution >= 4 is 11.6 Å². The largest absolute Gasteiger partial charge is 0.493 e. The molecule has 2 aromatic rings. The summed E-state index contributed by atoms with van der Waals surface area (Å²) in [6, 6.07) is 13.6. The zero-order chi connectivity index (χ0) is 17.2. The molecule has 5 heteroatoms. The van der Waals surface area contributed by atoms with Gasteiger partial charge in [0.05, 0.1) is 19.2 Å². The van der Waals surface area contributed by atoms with Crippen LogP contribution in [0, 0.1) is 0 Å². The lowest BCUT2D eigenvalue weighted by atomic mass is 9.93. The van der Waals surface area contributed by atoms with Crippen LogP contribution >= 0.6 is 11.6 Å². The molecule has 1 saturated heterocycles. The van der Waals surface area contributed by atoms with Crippen LogP contribution in [0.2, 0.25) is 5.02 Å². The molecule has 1 atom stereocenters. The van der Waals surface area contributed by atoms with E-state index in [0.29, 0.717) is 36.0 Å². The van der Waals surface area contributed by atoms with E-state index in [0.717, 1.165) is 17.7 Å². The first-order valence-electron chi connectivity index (χ1n) is 7.97. The number of hydrogen-bond donors (Lipinski definition) is 1. The molecule has 1 fully saturated rings. The fourth-order valence-corrected chi connectivity index (χ4v) is 3.58. The van der Waals surface area contributed by atoms with Crippen LogP contribution in [0.1, 0.15) is 17.5 Å². The van der Waals surface area contributed by atoms with Crippen LogP contribution in [-0.4, -0.2) is 37.3 Å². The summed E-state index contributed by atoms with van der Waals surface area (Å²) in [6.45, 7) is 2.06. The number of ether oxygens (including phenoxy) is 2. The molecule has 0 saturated carbocycles. The van der Waals surface area contributed by atoms with Gasteiger partial charge < -0.3 is 14.6 Å². The van der Waals surface area contributed by atoms with Crippen LogP contribution < -0.4 is 9.47 Å². The summed E-state index contributed by atoms with van der Waals surface area (Å²) in [4.78, 5) is 2.21. The van der Waals surface area contributed by atoms with Gasteiger partial charge in [-0.3, -0.25) is 4.90 Å². The first-order valence-corrected chi connectivity index (χ1v) is 8.35. The summed E-state index contributed by atoms with van der Waals surface area (Å²) in [5.41, 5.74) is 1.13. The minimum atomic E-state index is -0.801. The van der Waals surface area contributed by atoms with Crippen molar-refractivity contribution in [3.05, 3.63) is 58.6 Å². The van der Waals surface area contributed by atoms with Crippen molar-refractivity contribution in [2.75, 3.05) is 27.3 Å². The molecule has 0 spiro atoms. The van der Waals surface area contributed by atoms with E-state index in [1.807, 2.05) is 42.5 Å². The molecule has 1 aliphatic heterocycles. The predicted octanol–water partition coefficient (Wildman–Crippen LogP) is 3.45. The highest BCUT2D eigenvalue weighted by Crippen LogP contribution is 2.39. The lowest BCUT2D eigenvalue weighted by molar-refractivity contribution is 0.0453. The van der Waals surface area contributed by atoms with Crippen molar-refractivity contribution in [1.29, 1.82) is 0 Å². The number of hydrogen-bond acceptors (Lipinski definition) is 4. The number of rotatable bonds is 5. The molecule has 4 nitrogen and oxygen atoms in total. The zero-order valence-corrected chi connectivity index (χ0v) is 14.7. The summed E-state index contributed by atoms with van der Waals surface area (Å²) in [5.74, 6) is 1.17. The van der Waals surface area contributed by atoms with Gasteiger partial charge in [0, 0.05) is 19.6 Å². The maximum absolute atomic E-state index is 10.9. The van der Waals surface area contributed by atoms with Crippen LogP contribution in [-0.2, 0) is 12.1 Å². The molecule has 3 rings (SSSR count). The second-order valence-electron chi connectivity index (χ2n) is 6.13. The lowest BCUT2D eigenvalue weighted by Crippen LogP contribution is -2.30. The minimum absolute atomic E-state index is 0.550. The standard InChI is InChI=1S/C19H22ClNO3/c1-23-16-9-8-14(17(20)18(16)24-2)12-21-11-10-19(22,13-21)15-6-4-3-5-7-15/h3-9,22H,10-13H2,1-2H3/t19-/m1/s1. The highest BCUT2D eigenvalue weighted by molar-refractivity contribution is 6.33. The number of β-amino-alcohol motifs (C(OH)–C–C–N with tert-alkyl or cyclic N) is 1. The third-order valence-electron chi connectivity index (χ3n) is 4.60. The molecule has 0 radical (unpaired) electrons. The number of benzene rings is 2. The lowest BCUT2D eigenvalue weighted by Gasteiger charge is -2.24. The Labute approximate surface area is 147 Å². The van der Waals surface area contributed by atoms with Crippen molar-refractivity contribution in [2.24, 2.45) is 0 Å². The molecule has 128 valence electrons. The van der Waals surface area contributed by atoms with E-state index in [1.54, 1.807) is 14.2 Å². The molecule has 0 aromatic heterocycles. The summed E-state index contributed by atoms with van der Waals surface area (Å²) in [6.07, 6.45) is 0.710. The average Bonchev–Trinajstić information content (AvgIpc) is 2.99. The Balaban J connectivity index is 1.77. The number of methoxy groups -OCH3 is 2. The van der Waals surface area contributed by atoms with Crippen LogP contribution in [0.4, 0.5) is 0 Å². The topological polar surface area (TPSA) is 41.9 Å². The van der Waals surface area contributed by atoms with Crippen LogP contribution in [0.3, 0.4) is 0 Å². The Kier molecular flexibility index (Phi) is 4.99. The molecule has 1 heterocycles. The van der Waals surface area contributed by atoms with Gasteiger partial charge >= 0.3 is 0 Å². The molecule has 0 aliphatic carbocycles. The normalized spacial score (nSPS) is 21.0. The van der Waals surface area contributed by atoms with Crippen molar-refractivity contribution in [3.8, 4) is 11.5 Å². The summed E-state index contributed by atoms with van der Waals surface area (Å²) >= 11 is 6.47. The van der Waals surface area contributed by atoms with Gasteiger partial charge in [-0.15, -0.1) is 0 Å². The van der Waals surface area contributed by atoms with Crippen LogP contribution in [0.5, 0.6) is 11.5 Å². The molecule has 1 aliphatic rings. The van der Waals surface area contributed by atoms with Crippen molar-refractivity contribution < 1.29 is 14.6 Å². The van der Waals surface area contributed by atoms with Gasteiger partial charge in [-0.25, -0.2) is 0 Å². The van der Waals surface area contributed by atoms with Crippen molar-refractivity contribution in [1.82, 2.24) is 4.90 Å². The van der Waals surface area contributed by atoms with E-state index >= 15 is 0 Å². The maximum Gasteiger partial charge on any atom is 0.179 e. The summed E-state index contributed by atoms with van der Waals surface area (Å²) < 4.78 is 10.6. The van der Waals surface area contributed by atoms with E-state index in [9.17, 15) is 5.11 Å². The molecule has 1 N–H and O–H groups in total. The number of aliphatic hydroxyl groups is 1. The first-order chi connectivity index (χ1) is 11.6. The van der Waals surface area contributed by atoms with Gasteiger partial charge in [-0.05, 0) is 23.6 Å².